The molecule has 2 rings (SSSR count). The molecule has 2 heteroatoms. The van der Waals surface area contributed by atoms with Crippen LogP contribution in [-0.4, -0.2) is 36.6 Å². The molecule has 1 saturated heterocycles. The molecular formula is C13H26N2. The van der Waals surface area contributed by atoms with Crippen molar-refractivity contribution in [3.05, 3.63) is 0 Å². The molecule has 15 heavy (non-hydrogen) atoms. The van der Waals surface area contributed by atoms with Crippen molar-refractivity contribution >= 4 is 0 Å². The van der Waals surface area contributed by atoms with Crippen LogP contribution in [0.2, 0.25) is 0 Å². The minimum Gasteiger partial charge on any atom is -0.312 e. The summed E-state index contributed by atoms with van der Waals surface area (Å²) in [6.45, 7) is 6.24. The van der Waals surface area contributed by atoms with Gasteiger partial charge in [-0.25, -0.2) is 0 Å². The fourth-order valence-corrected chi connectivity index (χ4v) is 2.96. The fraction of sp³-hybridized carbons (Fsp3) is 1.00. The van der Waals surface area contributed by atoms with Crippen LogP contribution in [0.15, 0.2) is 0 Å². The number of rotatable bonds is 4. The summed E-state index contributed by atoms with van der Waals surface area (Å²) in [4.78, 5) is 2.66. The molecule has 1 N–H and O–H groups in total. The van der Waals surface area contributed by atoms with E-state index in [2.05, 4.69) is 17.1 Å². The largest absolute Gasteiger partial charge is 0.312 e. The van der Waals surface area contributed by atoms with E-state index in [0.29, 0.717) is 0 Å². The SMILES string of the molecule is CC(CNC1CCCC1)N1CCCCC1. The predicted molar refractivity (Wildman–Crippen MR) is 65.1 cm³/mol. The van der Waals surface area contributed by atoms with Gasteiger partial charge in [0.05, 0.1) is 0 Å². The van der Waals surface area contributed by atoms with Crippen LogP contribution in [0.5, 0.6) is 0 Å². The van der Waals surface area contributed by atoms with Crippen LogP contribution in [0.25, 0.3) is 0 Å². The average Bonchev–Trinajstić information content (AvgIpc) is 2.80. The van der Waals surface area contributed by atoms with Crippen LogP contribution >= 0.6 is 0 Å². The van der Waals surface area contributed by atoms with Gasteiger partial charge in [0.1, 0.15) is 0 Å². The normalized spacial score (nSPS) is 27.0. The molecule has 2 fully saturated rings. The number of nitrogens with zero attached hydrogens (tertiary/aromatic N) is 1. The van der Waals surface area contributed by atoms with Crippen LogP contribution in [0.3, 0.4) is 0 Å². The van der Waals surface area contributed by atoms with E-state index in [1.54, 1.807) is 0 Å². The molecule has 1 atom stereocenters. The molecule has 1 aliphatic carbocycles. The van der Waals surface area contributed by atoms with Crippen LogP contribution in [-0.2, 0) is 0 Å². The van der Waals surface area contributed by atoms with Crippen molar-refractivity contribution in [3.8, 4) is 0 Å². The third-order valence-corrected chi connectivity index (χ3v) is 4.07. The highest BCUT2D eigenvalue weighted by Gasteiger charge is 2.19. The third kappa shape index (κ3) is 3.46. The Hall–Kier alpha value is -0.0800. The number of hydrogen-bond donors (Lipinski definition) is 1. The lowest BCUT2D eigenvalue weighted by atomic mass is 10.1. The first-order valence-corrected chi connectivity index (χ1v) is 6.83. The summed E-state index contributed by atoms with van der Waals surface area (Å²) < 4.78 is 0. The van der Waals surface area contributed by atoms with E-state index in [9.17, 15) is 0 Å². The zero-order chi connectivity index (χ0) is 10.5. The molecule has 0 amide bonds. The lowest BCUT2D eigenvalue weighted by Gasteiger charge is -2.33. The van der Waals surface area contributed by atoms with E-state index >= 15 is 0 Å². The highest BCUT2D eigenvalue weighted by atomic mass is 15.2. The summed E-state index contributed by atoms with van der Waals surface area (Å²) in [6.07, 6.45) is 9.96. The number of likely N-dealkylation sites (tertiary alicyclic amines) is 1. The molecule has 1 heterocycles. The summed E-state index contributed by atoms with van der Waals surface area (Å²) in [5.74, 6) is 0. The lowest BCUT2D eigenvalue weighted by Crippen LogP contribution is -2.45. The van der Waals surface area contributed by atoms with Crippen molar-refractivity contribution in [1.82, 2.24) is 10.2 Å². The maximum atomic E-state index is 3.74. The quantitative estimate of drug-likeness (QED) is 0.766. The molecule has 0 aromatic rings. The van der Waals surface area contributed by atoms with Gasteiger partial charge in [0.25, 0.3) is 0 Å². The van der Waals surface area contributed by atoms with E-state index in [-0.39, 0.29) is 0 Å². The zero-order valence-corrected chi connectivity index (χ0v) is 10.2. The summed E-state index contributed by atoms with van der Waals surface area (Å²) in [5.41, 5.74) is 0. The van der Waals surface area contributed by atoms with Gasteiger partial charge in [0, 0.05) is 18.6 Å². The van der Waals surface area contributed by atoms with Crippen LogP contribution in [0.4, 0.5) is 0 Å². The van der Waals surface area contributed by atoms with Gasteiger partial charge in [-0.1, -0.05) is 19.3 Å². The van der Waals surface area contributed by atoms with Crippen LogP contribution < -0.4 is 5.32 Å². The summed E-state index contributed by atoms with van der Waals surface area (Å²) in [5, 5.41) is 3.74. The van der Waals surface area contributed by atoms with Crippen LogP contribution in [0.1, 0.15) is 51.9 Å². The first kappa shape index (κ1) is 11.4. The van der Waals surface area contributed by atoms with E-state index < -0.39 is 0 Å². The van der Waals surface area contributed by atoms with Gasteiger partial charge in [-0.05, 0) is 45.7 Å². The molecule has 88 valence electrons. The molecule has 0 bridgehead atoms. The van der Waals surface area contributed by atoms with Crippen molar-refractivity contribution < 1.29 is 0 Å². The second kappa shape index (κ2) is 5.86. The Morgan fingerprint density at radius 3 is 2.40 bits per heavy atom. The van der Waals surface area contributed by atoms with E-state index in [1.807, 2.05) is 0 Å². The fourth-order valence-electron chi connectivity index (χ4n) is 2.96. The second-order valence-corrected chi connectivity index (χ2v) is 5.34. The van der Waals surface area contributed by atoms with Crippen molar-refractivity contribution in [1.29, 1.82) is 0 Å². The second-order valence-electron chi connectivity index (χ2n) is 5.34. The molecule has 0 radical (unpaired) electrons. The molecule has 2 nitrogen and oxygen atoms in total. The van der Waals surface area contributed by atoms with Gasteiger partial charge in [-0.2, -0.15) is 0 Å². The molecule has 0 spiro atoms. The molecule has 2 aliphatic rings. The Bertz CT molecular complexity index is 169. The lowest BCUT2D eigenvalue weighted by molar-refractivity contribution is 0.168. The van der Waals surface area contributed by atoms with Crippen molar-refractivity contribution in [2.45, 2.75) is 64.0 Å². The first-order valence-electron chi connectivity index (χ1n) is 6.83. The average molecular weight is 210 g/mol. The minimum atomic E-state index is 0.742. The molecule has 1 aliphatic heterocycles. The third-order valence-electron chi connectivity index (χ3n) is 4.07. The number of hydrogen-bond acceptors (Lipinski definition) is 2. The Kier molecular flexibility index (Phi) is 4.45. The maximum absolute atomic E-state index is 3.74. The Morgan fingerprint density at radius 2 is 1.73 bits per heavy atom. The standard InChI is InChI=1S/C13H26N2/c1-12(15-9-5-2-6-10-15)11-14-13-7-3-4-8-13/h12-14H,2-11H2,1H3. The van der Waals surface area contributed by atoms with Gasteiger partial charge < -0.3 is 5.32 Å². The molecule has 1 unspecified atom stereocenters. The monoisotopic (exact) mass is 210 g/mol. The Labute approximate surface area is 94.4 Å². The number of piperidine rings is 1. The van der Waals surface area contributed by atoms with E-state index in [4.69, 9.17) is 0 Å². The summed E-state index contributed by atoms with van der Waals surface area (Å²) in [7, 11) is 0. The van der Waals surface area contributed by atoms with E-state index in [0.717, 1.165) is 12.1 Å². The highest BCUT2D eigenvalue weighted by Crippen LogP contribution is 2.18. The van der Waals surface area contributed by atoms with Gasteiger partial charge in [0.15, 0.2) is 0 Å². The van der Waals surface area contributed by atoms with Gasteiger partial charge in [0.2, 0.25) is 0 Å². The number of nitrogens with one attached hydrogen (secondary N) is 1. The predicted octanol–water partition coefficient (Wildman–Crippen LogP) is 2.39. The van der Waals surface area contributed by atoms with Crippen molar-refractivity contribution in [2.75, 3.05) is 19.6 Å². The highest BCUT2D eigenvalue weighted by molar-refractivity contribution is 4.78. The smallest absolute Gasteiger partial charge is 0.0192 e. The Balaban J connectivity index is 1.64. The van der Waals surface area contributed by atoms with Crippen LogP contribution in [0, 0.1) is 0 Å². The van der Waals surface area contributed by atoms with Crippen molar-refractivity contribution in [3.63, 3.8) is 0 Å². The molecular weight excluding hydrogens is 184 g/mol. The van der Waals surface area contributed by atoms with Gasteiger partial charge >= 0.3 is 0 Å². The van der Waals surface area contributed by atoms with Crippen molar-refractivity contribution in [2.24, 2.45) is 0 Å². The van der Waals surface area contributed by atoms with Gasteiger partial charge in [-0.3, -0.25) is 4.90 Å². The maximum Gasteiger partial charge on any atom is 0.0192 e. The first-order chi connectivity index (χ1) is 7.36. The Morgan fingerprint density at radius 1 is 1.07 bits per heavy atom. The molecule has 0 aromatic carbocycles. The molecule has 0 aromatic heterocycles. The zero-order valence-electron chi connectivity index (χ0n) is 10.2. The topological polar surface area (TPSA) is 15.3 Å². The minimum absolute atomic E-state index is 0.742. The van der Waals surface area contributed by atoms with E-state index in [1.165, 1.54) is 64.6 Å². The summed E-state index contributed by atoms with van der Waals surface area (Å²) >= 11 is 0. The summed E-state index contributed by atoms with van der Waals surface area (Å²) in [6, 6.07) is 1.57. The van der Waals surface area contributed by atoms with Gasteiger partial charge in [-0.15, -0.1) is 0 Å². The molecule has 1 saturated carbocycles.